The summed E-state index contributed by atoms with van der Waals surface area (Å²) in [6.07, 6.45) is 0.781. The quantitative estimate of drug-likeness (QED) is 0.612. The van der Waals surface area contributed by atoms with E-state index in [1.165, 1.54) is 10.4 Å². The minimum atomic E-state index is -3.71. The molecule has 2 aromatic rings. The van der Waals surface area contributed by atoms with E-state index in [9.17, 15) is 13.2 Å². The lowest BCUT2D eigenvalue weighted by molar-refractivity contribution is 0.222. The summed E-state index contributed by atoms with van der Waals surface area (Å²) in [6, 6.07) is 4.57. The molecule has 3 rings (SSSR count). The van der Waals surface area contributed by atoms with Crippen LogP contribution in [0, 0.1) is 0 Å². The second-order valence-corrected chi connectivity index (χ2v) is 10.8. The molecule has 0 saturated carbocycles. The molecule has 8 nitrogen and oxygen atoms in total. The van der Waals surface area contributed by atoms with E-state index in [2.05, 4.69) is 30.8 Å². The number of hydrogen-bond donors (Lipinski definition) is 1. The third-order valence-corrected chi connectivity index (χ3v) is 7.64. The fourth-order valence-electron chi connectivity index (χ4n) is 3.32. The van der Waals surface area contributed by atoms with Crippen molar-refractivity contribution in [2.75, 3.05) is 39.8 Å². The molecule has 2 heterocycles. The average Bonchev–Trinajstić information content (AvgIpc) is 2.72. The number of halogens is 1. The number of aromatic amines is 1. The number of nitrogens with zero attached hydrogens (tertiary/aromatic N) is 3. The van der Waals surface area contributed by atoms with Crippen LogP contribution in [0.1, 0.15) is 38.8 Å². The van der Waals surface area contributed by atoms with E-state index < -0.39 is 10.0 Å². The molecule has 10 heteroatoms. The Labute approximate surface area is 191 Å². The number of piperazine rings is 1. The first-order chi connectivity index (χ1) is 14.6. The van der Waals surface area contributed by atoms with Gasteiger partial charge in [-0.2, -0.15) is 4.31 Å². The first-order valence-electron chi connectivity index (χ1n) is 10.4. The number of H-pyrrole nitrogens is 1. The summed E-state index contributed by atoms with van der Waals surface area (Å²) < 4.78 is 34.6. The highest BCUT2D eigenvalue weighted by Gasteiger charge is 2.29. The van der Waals surface area contributed by atoms with Crippen molar-refractivity contribution in [1.29, 1.82) is 0 Å². The van der Waals surface area contributed by atoms with Crippen molar-refractivity contribution in [3.8, 4) is 17.1 Å². The zero-order valence-corrected chi connectivity index (χ0v) is 20.7. The Morgan fingerprint density at radius 1 is 1.19 bits per heavy atom. The number of aromatic nitrogens is 2. The molecule has 0 bridgehead atoms. The summed E-state index contributed by atoms with van der Waals surface area (Å²) in [5, 5.41) is 0. The Kier molecular flexibility index (Phi) is 7.56. The number of rotatable bonds is 7. The van der Waals surface area contributed by atoms with Gasteiger partial charge in [-0.25, -0.2) is 13.4 Å². The third-order valence-electron chi connectivity index (χ3n) is 5.18. The smallest absolute Gasteiger partial charge is 0.251 e. The molecule has 31 heavy (non-hydrogen) atoms. The fraction of sp³-hybridized carbons (Fsp3) is 0.524. The molecule has 0 radical (unpaired) electrons. The van der Waals surface area contributed by atoms with Gasteiger partial charge in [0.1, 0.15) is 11.6 Å². The van der Waals surface area contributed by atoms with Crippen molar-refractivity contribution in [2.45, 2.75) is 38.0 Å². The average molecular weight is 513 g/mol. The third kappa shape index (κ3) is 5.36. The molecular formula is C21H29BrN4O4S. The van der Waals surface area contributed by atoms with Gasteiger partial charge < -0.3 is 14.6 Å². The van der Waals surface area contributed by atoms with Gasteiger partial charge in [0.05, 0.1) is 27.2 Å². The maximum atomic E-state index is 13.4. The number of likely N-dealkylation sites (N-methyl/N-ethyl adjacent to an activating group) is 1. The molecule has 1 N–H and O–H groups in total. The Balaban J connectivity index is 2.15. The maximum Gasteiger partial charge on any atom is 0.251 e. The van der Waals surface area contributed by atoms with Gasteiger partial charge in [0.25, 0.3) is 5.56 Å². The highest BCUT2D eigenvalue weighted by molar-refractivity contribution is 9.10. The summed E-state index contributed by atoms with van der Waals surface area (Å²) >= 11 is 3.48. The van der Waals surface area contributed by atoms with Gasteiger partial charge in [-0.05, 0) is 47.4 Å². The molecule has 0 atom stereocenters. The topological polar surface area (TPSA) is 95.6 Å². The highest BCUT2D eigenvalue weighted by Crippen LogP contribution is 2.38. The van der Waals surface area contributed by atoms with Gasteiger partial charge >= 0.3 is 0 Å². The van der Waals surface area contributed by atoms with Crippen LogP contribution in [-0.4, -0.2) is 67.4 Å². The first-order valence-corrected chi connectivity index (χ1v) is 12.6. The highest BCUT2D eigenvalue weighted by atomic mass is 79.9. The van der Waals surface area contributed by atoms with Gasteiger partial charge in [-0.15, -0.1) is 0 Å². The zero-order chi connectivity index (χ0) is 22.8. The van der Waals surface area contributed by atoms with Crippen molar-refractivity contribution in [3.63, 3.8) is 0 Å². The number of hydrogen-bond acceptors (Lipinski definition) is 6. The predicted octanol–water partition coefficient (Wildman–Crippen LogP) is 3.05. The minimum Gasteiger partial charge on any atom is -0.492 e. The van der Waals surface area contributed by atoms with Crippen molar-refractivity contribution in [2.24, 2.45) is 0 Å². The molecule has 0 amide bonds. The van der Waals surface area contributed by atoms with Gasteiger partial charge in [-0.1, -0.05) is 20.8 Å². The summed E-state index contributed by atoms with van der Waals surface area (Å²) in [5.74, 6) is 0.795. The Bertz CT molecular complexity index is 1090. The first kappa shape index (κ1) is 23.9. The number of benzene rings is 1. The molecule has 1 aliphatic heterocycles. The van der Waals surface area contributed by atoms with Crippen LogP contribution in [0.15, 0.2) is 32.4 Å². The van der Waals surface area contributed by atoms with E-state index in [-0.39, 0.29) is 16.4 Å². The predicted molar refractivity (Wildman–Crippen MR) is 124 cm³/mol. The fourth-order valence-corrected chi connectivity index (χ4v) is 5.52. The minimum absolute atomic E-state index is 0.0433. The van der Waals surface area contributed by atoms with E-state index in [1.54, 1.807) is 12.1 Å². The van der Waals surface area contributed by atoms with Crippen LogP contribution < -0.4 is 10.3 Å². The zero-order valence-electron chi connectivity index (χ0n) is 18.3. The van der Waals surface area contributed by atoms with Crippen LogP contribution in [0.25, 0.3) is 11.4 Å². The monoisotopic (exact) mass is 512 g/mol. The van der Waals surface area contributed by atoms with E-state index in [0.29, 0.717) is 60.1 Å². The molecule has 1 aromatic heterocycles. The van der Waals surface area contributed by atoms with Crippen LogP contribution in [0.4, 0.5) is 0 Å². The van der Waals surface area contributed by atoms with Crippen LogP contribution in [0.3, 0.4) is 0 Å². The van der Waals surface area contributed by atoms with Gasteiger partial charge in [0.2, 0.25) is 10.0 Å². The van der Waals surface area contributed by atoms with Gasteiger partial charge in [0.15, 0.2) is 0 Å². The van der Waals surface area contributed by atoms with Crippen LogP contribution in [-0.2, 0) is 10.0 Å². The molecule has 1 fully saturated rings. The van der Waals surface area contributed by atoms with Crippen molar-refractivity contribution in [1.82, 2.24) is 19.2 Å². The Morgan fingerprint density at radius 3 is 2.48 bits per heavy atom. The number of sulfonamides is 1. The number of nitrogens with one attached hydrogen (secondary N) is 1. The summed E-state index contributed by atoms with van der Waals surface area (Å²) in [7, 11) is -1.74. The second-order valence-electron chi connectivity index (χ2n) is 8.01. The van der Waals surface area contributed by atoms with Gasteiger partial charge in [0, 0.05) is 32.2 Å². The van der Waals surface area contributed by atoms with Gasteiger partial charge in [-0.3, -0.25) is 4.79 Å². The molecule has 1 aromatic carbocycles. The largest absolute Gasteiger partial charge is 0.492 e. The molecule has 1 saturated heterocycles. The van der Waals surface area contributed by atoms with E-state index >= 15 is 0 Å². The lowest BCUT2D eigenvalue weighted by atomic mass is 10.1. The molecular weight excluding hydrogens is 484 g/mol. The summed E-state index contributed by atoms with van der Waals surface area (Å²) in [5.41, 5.74) is 0.775. The summed E-state index contributed by atoms with van der Waals surface area (Å²) in [4.78, 5) is 21.8. The molecule has 170 valence electrons. The Hall–Kier alpha value is -1.75. The lowest BCUT2D eigenvalue weighted by Gasteiger charge is -2.31. The van der Waals surface area contributed by atoms with Crippen LogP contribution in [0.5, 0.6) is 5.75 Å². The van der Waals surface area contributed by atoms with Crippen LogP contribution in [0.2, 0.25) is 0 Å². The molecule has 0 unspecified atom stereocenters. The Morgan fingerprint density at radius 2 is 1.87 bits per heavy atom. The molecule has 0 spiro atoms. The SMILES string of the molecule is CCCOc1c(Br)cc(S(=O)(=O)N2CCN(C)CC2)cc1-c1nc(C(C)C)cc(=O)[nH]1. The van der Waals surface area contributed by atoms with Crippen molar-refractivity contribution >= 4 is 26.0 Å². The molecule has 0 aliphatic carbocycles. The lowest BCUT2D eigenvalue weighted by Crippen LogP contribution is -2.47. The number of ether oxygens (including phenoxy) is 1. The molecule has 1 aliphatic rings. The van der Waals surface area contributed by atoms with E-state index in [4.69, 9.17) is 4.74 Å². The maximum absolute atomic E-state index is 13.4. The van der Waals surface area contributed by atoms with Crippen LogP contribution >= 0.6 is 15.9 Å². The van der Waals surface area contributed by atoms with Crippen molar-refractivity contribution in [3.05, 3.63) is 38.7 Å². The summed E-state index contributed by atoms with van der Waals surface area (Å²) in [6.45, 7) is 8.54. The second kappa shape index (κ2) is 9.81. The van der Waals surface area contributed by atoms with E-state index in [0.717, 1.165) is 6.42 Å². The van der Waals surface area contributed by atoms with Crippen molar-refractivity contribution < 1.29 is 13.2 Å². The normalized spacial score (nSPS) is 16.1. The standard InChI is InChI=1S/C21H29BrN4O4S/c1-5-10-30-20-16(21-23-18(14(2)3)13-19(27)24-21)11-15(12-17(20)22)31(28,29)26-8-6-25(4)7-9-26/h11-14H,5-10H2,1-4H3,(H,23,24,27). The van der Waals surface area contributed by atoms with E-state index in [1.807, 2.05) is 27.8 Å².